The van der Waals surface area contributed by atoms with Crippen molar-refractivity contribution in [1.82, 2.24) is 0 Å². The van der Waals surface area contributed by atoms with Gasteiger partial charge in [0.2, 0.25) is 0 Å². The molecular weight excluding hydrogens is 370 g/mol. The summed E-state index contributed by atoms with van der Waals surface area (Å²) in [6.07, 6.45) is 0. The number of anilines is 2. The van der Waals surface area contributed by atoms with Crippen LogP contribution in [0.5, 0.6) is 11.5 Å². The zero-order chi connectivity index (χ0) is 20.9. The van der Waals surface area contributed by atoms with Crippen LogP contribution in [0.4, 0.5) is 11.4 Å². The number of allylic oxidation sites excluding steroid dienone is 1. The van der Waals surface area contributed by atoms with E-state index in [0.29, 0.717) is 0 Å². The molecule has 0 saturated heterocycles. The number of benzene rings is 4. The van der Waals surface area contributed by atoms with Gasteiger partial charge in [-0.1, -0.05) is 54.6 Å². The topological polar surface area (TPSA) is 52.5 Å². The fourth-order valence-corrected chi connectivity index (χ4v) is 3.52. The SMILES string of the molecule is CC(=C(c1ccc(O)cc1)c1ccc(O)cc1)c1cccc(Nc2ccccc2)c1. The van der Waals surface area contributed by atoms with Gasteiger partial charge in [-0.2, -0.15) is 0 Å². The van der Waals surface area contributed by atoms with Gasteiger partial charge in [0, 0.05) is 11.4 Å². The summed E-state index contributed by atoms with van der Waals surface area (Å²) in [6.45, 7) is 2.09. The zero-order valence-corrected chi connectivity index (χ0v) is 16.7. The van der Waals surface area contributed by atoms with Crippen LogP contribution in [0.1, 0.15) is 23.6 Å². The van der Waals surface area contributed by atoms with E-state index in [2.05, 4.69) is 24.4 Å². The van der Waals surface area contributed by atoms with Crippen molar-refractivity contribution in [1.29, 1.82) is 0 Å². The van der Waals surface area contributed by atoms with Crippen LogP contribution < -0.4 is 5.32 Å². The number of rotatable bonds is 5. The Balaban J connectivity index is 1.80. The number of phenolic OH excluding ortho intramolecular Hbond substituents is 2. The number of hydrogen-bond acceptors (Lipinski definition) is 3. The van der Waals surface area contributed by atoms with E-state index in [4.69, 9.17) is 0 Å². The molecule has 0 aliphatic carbocycles. The van der Waals surface area contributed by atoms with Crippen LogP contribution in [0.3, 0.4) is 0 Å². The number of phenols is 2. The maximum absolute atomic E-state index is 9.72. The van der Waals surface area contributed by atoms with Gasteiger partial charge in [0.1, 0.15) is 11.5 Å². The minimum absolute atomic E-state index is 0.232. The van der Waals surface area contributed by atoms with E-state index in [1.165, 1.54) is 0 Å². The smallest absolute Gasteiger partial charge is 0.115 e. The summed E-state index contributed by atoms with van der Waals surface area (Å²) < 4.78 is 0. The van der Waals surface area contributed by atoms with Crippen LogP contribution in [0.25, 0.3) is 11.1 Å². The van der Waals surface area contributed by atoms with Crippen LogP contribution >= 0.6 is 0 Å². The van der Waals surface area contributed by atoms with Gasteiger partial charge in [-0.05, 0) is 83.3 Å². The highest BCUT2D eigenvalue weighted by Crippen LogP contribution is 2.34. The van der Waals surface area contributed by atoms with Crippen molar-refractivity contribution in [2.75, 3.05) is 5.32 Å². The lowest BCUT2D eigenvalue weighted by Gasteiger charge is -2.16. The first kappa shape index (κ1) is 19.3. The molecule has 3 heteroatoms. The van der Waals surface area contributed by atoms with Gasteiger partial charge in [-0.15, -0.1) is 0 Å². The third kappa shape index (κ3) is 4.36. The molecule has 0 aliphatic heterocycles. The average molecular weight is 393 g/mol. The lowest BCUT2D eigenvalue weighted by molar-refractivity contribution is 0.475. The van der Waals surface area contributed by atoms with E-state index in [1.807, 2.05) is 66.7 Å². The standard InChI is InChI=1S/C27H23NO2/c1-19(22-6-5-9-24(18-22)28-23-7-3-2-4-8-23)27(20-10-14-25(29)15-11-20)21-12-16-26(30)17-13-21/h2-18,28-30H,1H3. The quantitative estimate of drug-likeness (QED) is 0.326. The van der Waals surface area contributed by atoms with Gasteiger partial charge in [0.25, 0.3) is 0 Å². The van der Waals surface area contributed by atoms with Gasteiger partial charge in [0.05, 0.1) is 0 Å². The van der Waals surface area contributed by atoms with Crippen molar-refractivity contribution in [3.8, 4) is 11.5 Å². The molecule has 0 aromatic heterocycles. The summed E-state index contributed by atoms with van der Waals surface area (Å²) in [5.74, 6) is 0.464. The summed E-state index contributed by atoms with van der Waals surface area (Å²) in [6, 6.07) is 32.8. The molecule has 0 radical (unpaired) electrons. The Morgan fingerprint density at radius 2 is 1.10 bits per heavy atom. The zero-order valence-electron chi connectivity index (χ0n) is 16.7. The molecule has 4 rings (SSSR count). The molecule has 0 saturated carbocycles. The third-order valence-corrected chi connectivity index (χ3v) is 5.05. The molecule has 4 aromatic rings. The number of para-hydroxylation sites is 1. The Kier molecular flexibility index (Phi) is 5.53. The van der Waals surface area contributed by atoms with Crippen molar-refractivity contribution < 1.29 is 10.2 Å². The fraction of sp³-hybridized carbons (Fsp3) is 0.0370. The summed E-state index contributed by atoms with van der Waals surface area (Å²) in [5.41, 5.74) is 7.28. The maximum Gasteiger partial charge on any atom is 0.115 e. The number of nitrogens with one attached hydrogen (secondary N) is 1. The Labute approximate surface area is 176 Å². The van der Waals surface area contributed by atoms with Crippen molar-refractivity contribution in [3.05, 3.63) is 120 Å². The molecule has 3 N–H and O–H groups in total. The van der Waals surface area contributed by atoms with Crippen LogP contribution in [-0.2, 0) is 0 Å². The summed E-state index contributed by atoms with van der Waals surface area (Å²) in [5, 5.41) is 22.9. The van der Waals surface area contributed by atoms with Crippen LogP contribution in [0.15, 0.2) is 103 Å². The van der Waals surface area contributed by atoms with Gasteiger partial charge in [-0.25, -0.2) is 0 Å². The van der Waals surface area contributed by atoms with E-state index in [9.17, 15) is 10.2 Å². The average Bonchev–Trinajstić information content (AvgIpc) is 2.77. The Morgan fingerprint density at radius 1 is 0.567 bits per heavy atom. The molecule has 0 bridgehead atoms. The number of aromatic hydroxyl groups is 2. The highest BCUT2D eigenvalue weighted by molar-refractivity contribution is 5.98. The minimum Gasteiger partial charge on any atom is -0.508 e. The lowest BCUT2D eigenvalue weighted by atomic mass is 9.90. The molecule has 0 heterocycles. The van der Waals surface area contributed by atoms with Crippen LogP contribution in [0.2, 0.25) is 0 Å². The minimum atomic E-state index is 0.232. The molecule has 0 spiro atoms. The van der Waals surface area contributed by atoms with Gasteiger partial charge in [0.15, 0.2) is 0 Å². The first-order valence-corrected chi connectivity index (χ1v) is 9.82. The summed E-state index contributed by atoms with van der Waals surface area (Å²) in [7, 11) is 0. The second-order valence-electron chi connectivity index (χ2n) is 7.17. The van der Waals surface area contributed by atoms with E-state index in [1.54, 1.807) is 24.3 Å². The Morgan fingerprint density at radius 3 is 1.67 bits per heavy atom. The summed E-state index contributed by atoms with van der Waals surface area (Å²) >= 11 is 0. The molecule has 148 valence electrons. The third-order valence-electron chi connectivity index (χ3n) is 5.05. The molecule has 0 unspecified atom stereocenters. The van der Waals surface area contributed by atoms with Crippen molar-refractivity contribution in [3.63, 3.8) is 0 Å². The molecule has 0 atom stereocenters. The largest absolute Gasteiger partial charge is 0.508 e. The molecular formula is C27H23NO2. The fourth-order valence-electron chi connectivity index (χ4n) is 3.52. The predicted molar refractivity (Wildman–Crippen MR) is 124 cm³/mol. The van der Waals surface area contributed by atoms with Crippen molar-refractivity contribution >= 4 is 22.5 Å². The molecule has 30 heavy (non-hydrogen) atoms. The van der Waals surface area contributed by atoms with E-state index < -0.39 is 0 Å². The molecule has 0 aliphatic rings. The van der Waals surface area contributed by atoms with Crippen molar-refractivity contribution in [2.24, 2.45) is 0 Å². The second-order valence-corrected chi connectivity index (χ2v) is 7.17. The van der Waals surface area contributed by atoms with Gasteiger partial charge < -0.3 is 15.5 Å². The van der Waals surface area contributed by atoms with Gasteiger partial charge in [-0.3, -0.25) is 0 Å². The Hall–Kier alpha value is -3.98. The van der Waals surface area contributed by atoms with Gasteiger partial charge >= 0.3 is 0 Å². The predicted octanol–water partition coefficient (Wildman–Crippen LogP) is 6.82. The lowest BCUT2D eigenvalue weighted by Crippen LogP contribution is -1.95. The van der Waals surface area contributed by atoms with E-state index in [-0.39, 0.29) is 11.5 Å². The highest BCUT2D eigenvalue weighted by Gasteiger charge is 2.12. The van der Waals surface area contributed by atoms with E-state index in [0.717, 1.165) is 39.2 Å². The number of hydrogen-bond donors (Lipinski definition) is 3. The molecule has 0 amide bonds. The summed E-state index contributed by atoms with van der Waals surface area (Å²) in [4.78, 5) is 0. The first-order chi connectivity index (χ1) is 14.6. The van der Waals surface area contributed by atoms with Crippen LogP contribution in [0, 0.1) is 0 Å². The normalized spacial score (nSPS) is 10.4. The second kappa shape index (κ2) is 8.58. The molecule has 4 aromatic carbocycles. The maximum atomic E-state index is 9.72. The first-order valence-electron chi connectivity index (χ1n) is 9.82. The monoisotopic (exact) mass is 393 g/mol. The van der Waals surface area contributed by atoms with Crippen molar-refractivity contribution in [2.45, 2.75) is 6.92 Å². The van der Waals surface area contributed by atoms with E-state index >= 15 is 0 Å². The highest BCUT2D eigenvalue weighted by atomic mass is 16.3. The van der Waals surface area contributed by atoms with Crippen LogP contribution in [-0.4, -0.2) is 10.2 Å². The molecule has 3 nitrogen and oxygen atoms in total. The molecule has 0 fully saturated rings. The Bertz CT molecular complexity index is 1110.